The van der Waals surface area contributed by atoms with Gasteiger partial charge in [-0.05, 0) is 0 Å². The fraction of sp³-hybridized carbons (Fsp3) is 0.385. The topological polar surface area (TPSA) is 148 Å². The third-order valence-electron chi connectivity index (χ3n) is 2.96. The van der Waals surface area contributed by atoms with Gasteiger partial charge in [0.25, 0.3) is 11.8 Å². The maximum absolute atomic E-state index is 12.4. The summed E-state index contributed by atoms with van der Waals surface area (Å²) in [7, 11) is 1.23. The number of aromatic nitrogens is 1. The second-order valence-corrected chi connectivity index (χ2v) is 5.96. The predicted molar refractivity (Wildman–Crippen MR) is 90.6 cm³/mol. The molecule has 140 valence electrons. The van der Waals surface area contributed by atoms with Crippen molar-refractivity contribution >= 4 is 57.5 Å². The lowest BCUT2D eigenvalue weighted by molar-refractivity contribution is -0.163. The first-order chi connectivity index (χ1) is 12.3. The van der Waals surface area contributed by atoms with Gasteiger partial charge in [-0.25, -0.2) is 4.98 Å². The van der Waals surface area contributed by atoms with Crippen LogP contribution in [0.4, 0.5) is 5.13 Å². The zero-order chi connectivity index (χ0) is 19.3. The predicted octanol–water partition coefficient (Wildman–Crippen LogP) is -0.825. The summed E-state index contributed by atoms with van der Waals surface area (Å²) >= 11 is 6.44. The number of carbonyl (C=O) groups excluding carboxylic acids is 4. The maximum atomic E-state index is 12.4. The van der Waals surface area contributed by atoms with Crippen LogP contribution in [0.1, 0.15) is 12.6 Å². The van der Waals surface area contributed by atoms with E-state index >= 15 is 0 Å². The fourth-order valence-electron chi connectivity index (χ4n) is 1.87. The largest absolute Gasteiger partial charge is 0.439 e. The molecule has 2 heterocycles. The van der Waals surface area contributed by atoms with Crippen molar-refractivity contribution < 1.29 is 28.8 Å². The molecule has 2 atom stereocenters. The molecule has 0 unspecified atom stereocenters. The highest BCUT2D eigenvalue weighted by molar-refractivity contribution is 7.14. The van der Waals surface area contributed by atoms with Crippen molar-refractivity contribution in [3.63, 3.8) is 0 Å². The molecule has 0 spiro atoms. The van der Waals surface area contributed by atoms with Crippen LogP contribution in [-0.2, 0) is 28.8 Å². The van der Waals surface area contributed by atoms with Crippen molar-refractivity contribution in [2.75, 3.05) is 18.3 Å². The molecule has 3 amide bonds. The average Bonchev–Trinajstić information content (AvgIpc) is 3.04. The molecule has 0 aliphatic carbocycles. The number of oxime groups is 1. The molecule has 1 fully saturated rings. The normalized spacial score (nSPS) is 19.0. The van der Waals surface area contributed by atoms with E-state index in [2.05, 4.69) is 30.9 Å². The first kappa shape index (κ1) is 19.6. The number of ether oxygens (including phenoxy) is 1. The Morgan fingerprint density at radius 3 is 2.77 bits per heavy atom. The molecule has 1 aliphatic heterocycles. The summed E-state index contributed by atoms with van der Waals surface area (Å²) in [5.41, 5.74) is -0.112. The van der Waals surface area contributed by atoms with Crippen molar-refractivity contribution in [3.05, 3.63) is 11.1 Å². The minimum absolute atomic E-state index is 0.114. The lowest BCUT2D eigenvalue weighted by Crippen LogP contribution is -2.70. The molecular weight excluding hydrogens is 390 g/mol. The molecule has 1 aromatic heterocycles. The van der Waals surface area contributed by atoms with Gasteiger partial charge in [-0.2, -0.15) is 0 Å². The Hall–Kier alpha value is -2.73. The number of hydrogen-bond donors (Lipinski definition) is 3. The number of thiazole rings is 1. The second kappa shape index (κ2) is 8.58. The molecule has 3 N–H and O–H groups in total. The number of esters is 1. The molecule has 11 nitrogen and oxygen atoms in total. The summed E-state index contributed by atoms with van der Waals surface area (Å²) in [5.74, 6) is -2.61. The number of alkyl halides is 1. The van der Waals surface area contributed by atoms with Gasteiger partial charge in [0.2, 0.25) is 12.1 Å². The Balaban J connectivity index is 2.10. The summed E-state index contributed by atoms with van der Waals surface area (Å²) < 4.78 is 4.85. The number of nitrogens with zero attached hydrogens (tertiary/aromatic N) is 2. The number of carbonyl (C=O) groups is 4. The molecular formula is C13H14ClN5O6S. The highest BCUT2D eigenvalue weighted by Gasteiger charge is 2.43. The van der Waals surface area contributed by atoms with E-state index in [0.29, 0.717) is 0 Å². The van der Waals surface area contributed by atoms with Crippen LogP contribution in [0, 0.1) is 0 Å². The average molecular weight is 404 g/mol. The highest BCUT2D eigenvalue weighted by atomic mass is 35.5. The number of hydrogen-bond acceptors (Lipinski definition) is 9. The van der Waals surface area contributed by atoms with Crippen molar-refractivity contribution in [2.45, 2.75) is 19.2 Å². The Morgan fingerprint density at radius 1 is 1.46 bits per heavy atom. The first-order valence-corrected chi connectivity index (χ1v) is 8.48. The van der Waals surface area contributed by atoms with E-state index in [1.54, 1.807) is 0 Å². The van der Waals surface area contributed by atoms with Gasteiger partial charge >= 0.3 is 5.97 Å². The summed E-state index contributed by atoms with van der Waals surface area (Å²) in [5, 5.41) is 12.4. The van der Waals surface area contributed by atoms with Crippen LogP contribution in [0.2, 0.25) is 0 Å². The Morgan fingerprint density at radius 2 is 2.19 bits per heavy atom. The molecule has 1 aliphatic rings. The fourth-order valence-corrected chi connectivity index (χ4v) is 2.65. The molecule has 1 aromatic rings. The summed E-state index contributed by atoms with van der Waals surface area (Å²) in [6.07, 6.45) is -0.971. The van der Waals surface area contributed by atoms with Gasteiger partial charge in [-0.15, -0.1) is 22.9 Å². The minimum atomic E-state index is -1.07. The van der Waals surface area contributed by atoms with Crippen molar-refractivity contribution in [1.82, 2.24) is 15.6 Å². The van der Waals surface area contributed by atoms with E-state index in [4.69, 9.17) is 16.3 Å². The van der Waals surface area contributed by atoms with E-state index in [0.717, 1.165) is 11.3 Å². The van der Waals surface area contributed by atoms with E-state index in [1.165, 1.54) is 19.4 Å². The molecule has 0 aromatic carbocycles. The van der Waals surface area contributed by atoms with Gasteiger partial charge in [0, 0.05) is 12.3 Å². The molecule has 26 heavy (non-hydrogen) atoms. The van der Waals surface area contributed by atoms with Crippen molar-refractivity contribution in [3.8, 4) is 0 Å². The van der Waals surface area contributed by atoms with Gasteiger partial charge in [-0.3, -0.25) is 19.2 Å². The molecule has 2 rings (SSSR count). The van der Waals surface area contributed by atoms with Gasteiger partial charge in [0.1, 0.15) is 18.7 Å². The lowest BCUT2D eigenvalue weighted by atomic mass is 10.1. The van der Waals surface area contributed by atoms with E-state index < -0.39 is 36.0 Å². The Labute approximate surface area is 156 Å². The minimum Gasteiger partial charge on any atom is -0.439 e. The third-order valence-corrected chi connectivity index (χ3v) is 3.96. The van der Waals surface area contributed by atoms with E-state index in [-0.39, 0.29) is 22.4 Å². The van der Waals surface area contributed by atoms with Crippen LogP contribution < -0.4 is 16.0 Å². The van der Waals surface area contributed by atoms with Gasteiger partial charge in [0.05, 0.1) is 0 Å². The monoisotopic (exact) mass is 403 g/mol. The second-order valence-electron chi connectivity index (χ2n) is 4.83. The molecule has 0 saturated carbocycles. The maximum Gasteiger partial charge on any atom is 0.304 e. The first-order valence-electron chi connectivity index (χ1n) is 7.07. The number of nitrogens with one attached hydrogen (secondary N) is 3. The number of anilines is 1. The molecule has 0 radical (unpaired) electrons. The molecule has 1 saturated heterocycles. The number of amides is 3. The van der Waals surface area contributed by atoms with Crippen LogP contribution in [0.25, 0.3) is 0 Å². The van der Waals surface area contributed by atoms with Gasteiger partial charge < -0.3 is 25.5 Å². The Kier molecular flexibility index (Phi) is 6.46. The zero-order valence-electron chi connectivity index (χ0n) is 13.6. The highest BCUT2D eigenvalue weighted by Crippen LogP contribution is 2.17. The zero-order valence-corrected chi connectivity index (χ0v) is 15.1. The molecule has 13 heteroatoms. The number of halogens is 1. The van der Waals surface area contributed by atoms with Crippen LogP contribution in [0.15, 0.2) is 10.5 Å². The van der Waals surface area contributed by atoms with Crippen LogP contribution >= 0.6 is 22.9 Å². The molecule has 0 bridgehead atoms. The quantitative estimate of drug-likeness (QED) is 0.177. The van der Waals surface area contributed by atoms with Crippen LogP contribution in [-0.4, -0.2) is 59.6 Å². The van der Waals surface area contributed by atoms with Crippen molar-refractivity contribution in [2.24, 2.45) is 5.16 Å². The van der Waals surface area contributed by atoms with E-state index in [9.17, 15) is 19.2 Å². The summed E-state index contributed by atoms with van der Waals surface area (Å²) in [6, 6.07) is -1.07. The lowest BCUT2D eigenvalue weighted by Gasteiger charge is -2.35. The Bertz CT molecular complexity index is 766. The van der Waals surface area contributed by atoms with Gasteiger partial charge in [0.15, 0.2) is 16.9 Å². The number of β-lactam (4-membered cyclic amide) rings is 1. The smallest absolute Gasteiger partial charge is 0.304 e. The summed E-state index contributed by atoms with van der Waals surface area (Å²) in [4.78, 5) is 54.9. The van der Waals surface area contributed by atoms with E-state index in [1.807, 2.05) is 0 Å². The van der Waals surface area contributed by atoms with Crippen LogP contribution in [0.5, 0.6) is 0 Å². The third kappa shape index (κ3) is 4.67. The SMILES string of the molecule is CON=C(C(=O)N[C@@H]1C(=O)N[C@@H]1OC(C)=O)c1csc(NC(=O)CCl)n1. The van der Waals surface area contributed by atoms with Crippen molar-refractivity contribution in [1.29, 1.82) is 0 Å². The van der Waals surface area contributed by atoms with Crippen LogP contribution in [0.3, 0.4) is 0 Å². The van der Waals surface area contributed by atoms with Gasteiger partial charge in [-0.1, -0.05) is 5.16 Å². The summed E-state index contributed by atoms with van der Waals surface area (Å²) in [6.45, 7) is 1.17. The standard InChI is InChI=1S/C13H14ClN5O6S/c1-5(20)25-12-9(11(23)18-12)17-10(22)8(19-24-2)6-4-26-13(15-6)16-7(21)3-14/h4,9,12H,3H2,1-2H3,(H,17,22)(H,18,23)(H,15,16,21)/t9-,12-/m1/s1. The number of rotatable bonds is 7.